The van der Waals surface area contributed by atoms with Crippen LogP contribution in [0.3, 0.4) is 0 Å². The van der Waals surface area contributed by atoms with E-state index in [1.54, 1.807) is 0 Å². The lowest BCUT2D eigenvalue weighted by molar-refractivity contribution is 0.137. The first-order chi connectivity index (χ1) is 5.73. The maximum Gasteiger partial charge on any atom is 0.503 e. The van der Waals surface area contributed by atoms with Gasteiger partial charge in [0.25, 0.3) is 9.05 Å². The van der Waals surface area contributed by atoms with E-state index in [0.29, 0.717) is 0 Å². The van der Waals surface area contributed by atoms with Gasteiger partial charge in [0.1, 0.15) is 0 Å². The Kier molecular flexibility index (Phi) is 10.6. The highest BCUT2D eigenvalue weighted by molar-refractivity contribution is 8.26. The molecule has 0 rings (SSSR count). The van der Waals surface area contributed by atoms with Crippen LogP contribution in [0.1, 0.15) is 0 Å². The van der Waals surface area contributed by atoms with Gasteiger partial charge in [0.15, 0.2) is 0 Å². The average molecular weight is 274 g/mol. The predicted octanol–water partition coefficient (Wildman–Crippen LogP) is -0.752. The van der Waals surface area contributed by atoms with Crippen LogP contribution in [-0.4, -0.2) is 47.2 Å². The first kappa shape index (κ1) is 19.1. The molecule has 0 aromatic rings. The Hall–Kier alpha value is -0.570. The molecule has 0 saturated heterocycles. The van der Waals surface area contributed by atoms with Gasteiger partial charge < -0.3 is 10.2 Å². The van der Waals surface area contributed by atoms with Gasteiger partial charge in [-0.2, -0.15) is 12.6 Å². The summed E-state index contributed by atoms with van der Waals surface area (Å²) in [6.07, 6.45) is -1.83. The van der Waals surface area contributed by atoms with E-state index in [1.807, 2.05) is 0 Å². The highest BCUT2D eigenvalue weighted by Gasteiger charge is 1.84. The Bertz CT molecular complexity index is 282. The molecule has 0 saturated carbocycles. The minimum Gasteiger partial charge on any atom is -0.450 e. The highest BCUT2D eigenvalue weighted by Crippen LogP contribution is 1.62. The highest BCUT2D eigenvalue weighted by atomic mass is 32.9. The van der Waals surface area contributed by atoms with Gasteiger partial charge in [-0.25, -0.2) is 4.79 Å². The lowest BCUT2D eigenvalue weighted by atomic mass is 11.5. The lowest BCUT2D eigenvalue weighted by Crippen LogP contribution is -1.89. The fraction of sp³-hybridized carbons (Fsp3) is 0. The molecule has 13 heteroatoms. The Morgan fingerprint density at radius 2 is 0.929 bits per heavy atom. The van der Waals surface area contributed by atoms with E-state index in [0.717, 1.165) is 0 Å². The zero-order valence-corrected chi connectivity index (χ0v) is 8.49. The van der Waals surface area contributed by atoms with E-state index in [1.165, 1.54) is 0 Å². The van der Waals surface area contributed by atoms with Crippen LogP contribution in [0.5, 0.6) is 0 Å². The van der Waals surface area contributed by atoms with Crippen molar-refractivity contribution < 1.29 is 45.8 Å². The Morgan fingerprint density at radius 1 is 0.929 bits per heavy atom. The van der Waals surface area contributed by atoms with Crippen LogP contribution in [0.15, 0.2) is 0 Å². The van der Waals surface area contributed by atoms with Gasteiger partial charge in [-0.1, -0.05) is 0 Å². The quantitative estimate of drug-likeness (QED) is 0.304. The van der Waals surface area contributed by atoms with Gasteiger partial charge in [-0.15, -0.1) is 0 Å². The van der Waals surface area contributed by atoms with Crippen molar-refractivity contribution in [2.24, 2.45) is 0 Å². The molecular weight excluding hydrogens is 268 g/mol. The molecule has 0 aliphatic carbocycles. The van der Waals surface area contributed by atoms with Crippen LogP contribution in [-0.2, 0) is 30.6 Å². The molecule has 0 radical (unpaired) electrons. The number of rotatable bonds is 0. The summed E-state index contributed by atoms with van der Waals surface area (Å²) in [6.45, 7) is 0. The standard InChI is InChI=1S/CH2O3.H2O4S.H2O3S2/c2-1(3)4;2*1-5(2,3)4/h(H2,2,3,4);2*(H2,1,2,3,4). The van der Waals surface area contributed by atoms with Gasteiger partial charge in [-0.3, -0.25) is 18.2 Å². The fourth-order valence-electron chi connectivity index (χ4n) is 0. The number of hydrogen-bond acceptors (Lipinski definition) is 5. The molecule has 0 aromatic heterocycles. The molecule has 0 amide bonds. The van der Waals surface area contributed by atoms with Gasteiger partial charge >= 0.3 is 16.6 Å². The summed E-state index contributed by atoms with van der Waals surface area (Å²) in [5.74, 6) is 0. The maximum absolute atomic E-state index is 9.11. The van der Waals surface area contributed by atoms with Crippen LogP contribution >= 0.6 is 0 Å². The van der Waals surface area contributed by atoms with E-state index < -0.39 is 25.6 Å². The number of carbonyl (C=O) groups is 1. The summed E-state index contributed by atoms with van der Waals surface area (Å²) >= 11 is 3.47. The normalized spacial score (nSPS) is 10.0. The fourth-order valence-corrected chi connectivity index (χ4v) is 0. The van der Waals surface area contributed by atoms with Crippen LogP contribution in [0.2, 0.25) is 0 Å². The topological polar surface area (TPSA) is 190 Å². The van der Waals surface area contributed by atoms with Gasteiger partial charge in [-0.05, 0) is 0 Å². The third-order valence-corrected chi connectivity index (χ3v) is 0. The van der Waals surface area contributed by atoms with Crippen LogP contribution in [0.4, 0.5) is 4.79 Å². The summed E-state index contributed by atoms with van der Waals surface area (Å²) in [6, 6.07) is 0. The van der Waals surface area contributed by atoms with E-state index in [9.17, 15) is 0 Å². The van der Waals surface area contributed by atoms with Crippen LogP contribution < -0.4 is 0 Å². The Labute approximate surface area is 83.1 Å². The molecule has 0 aromatic carbocycles. The van der Waals surface area contributed by atoms with Crippen molar-refractivity contribution in [3.63, 3.8) is 0 Å². The minimum absolute atomic E-state index is 1.83. The van der Waals surface area contributed by atoms with Crippen LogP contribution in [0.25, 0.3) is 0 Å². The summed E-state index contributed by atoms with van der Waals surface area (Å²) in [5, 5.41) is 13.9. The zero-order chi connectivity index (χ0) is 12.6. The van der Waals surface area contributed by atoms with E-state index in [-0.39, 0.29) is 0 Å². The van der Waals surface area contributed by atoms with Crippen molar-refractivity contribution in [3.05, 3.63) is 0 Å². The molecule has 0 bridgehead atoms. The van der Waals surface area contributed by atoms with Crippen molar-refractivity contribution in [3.8, 4) is 0 Å². The monoisotopic (exact) mass is 274 g/mol. The van der Waals surface area contributed by atoms with Gasteiger partial charge in [0.2, 0.25) is 0 Å². The Balaban J connectivity index is -0.000000131. The maximum atomic E-state index is 9.11. The lowest BCUT2D eigenvalue weighted by Gasteiger charge is -1.73. The molecule has 0 unspecified atom stereocenters. The van der Waals surface area contributed by atoms with E-state index in [4.69, 9.17) is 45.8 Å². The SMILES string of the molecule is O=C(O)O.O=S(=O)(O)O.O=S(O)(O)=S. The third kappa shape index (κ3) is 3830. The molecule has 10 nitrogen and oxygen atoms in total. The third-order valence-electron chi connectivity index (χ3n) is 0. The molecule has 88 valence electrons. The predicted molar refractivity (Wildman–Crippen MR) is 45.6 cm³/mol. The van der Waals surface area contributed by atoms with Crippen molar-refractivity contribution in [1.82, 2.24) is 0 Å². The number of hydrogen-bond donors (Lipinski definition) is 6. The molecule has 0 aliphatic rings. The van der Waals surface area contributed by atoms with Gasteiger partial charge in [0.05, 0.1) is 0 Å². The molecule has 14 heavy (non-hydrogen) atoms. The molecule has 6 N–H and O–H groups in total. The zero-order valence-electron chi connectivity index (χ0n) is 6.04. The van der Waals surface area contributed by atoms with Gasteiger partial charge in [0, 0.05) is 11.2 Å². The molecule has 0 heterocycles. The summed E-state index contributed by atoms with van der Waals surface area (Å²) in [7, 11) is -8.50. The number of carboxylic acid groups (broad SMARTS) is 2. The summed E-state index contributed by atoms with van der Waals surface area (Å²) < 4.78 is 55.5. The van der Waals surface area contributed by atoms with Crippen molar-refractivity contribution in [1.29, 1.82) is 0 Å². The largest absolute Gasteiger partial charge is 0.503 e. The molecule has 0 atom stereocenters. The second kappa shape index (κ2) is 7.80. The summed E-state index contributed by atoms with van der Waals surface area (Å²) in [5.41, 5.74) is 0. The second-order valence-corrected chi connectivity index (χ2v) is 4.27. The summed E-state index contributed by atoms with van der Waals surface area (Å²) in [4.78, 5) is 8.56. The smallest absolute Gasteiger partial charge is 0.450 e. The molecule has 0 spiro atoms. The van der Waals surface area contributed by atoms with Crippen molar-refractivity contribution >= 4 is 36.8 Å². The van der Waals surface area contributed by atoms with Crippen molar-refractivity contribution in [2.45, 2.75) is 0 Å². The second-order valence-electron chi connectivity index (χ2n) is 1.18. The first-order valence-corrected chi connectivity index (χ1v) is 5.84. The van der Waals surface area contributed by atoms with Crippen molar-refractivity contribution in [2.75, 3.05) is 0 Å². The molecular formula is CH6O10S3. The first-order valence-electron chi connectivity index (χ1n) is 2.05. The van der Waals surface area contributed by atoms with E-state index in [2.05, 4.69) is 11.2 Å². The molecule has 0 aliphatic heterocycles. The van der Waals surface area contributed by atoms with E-state index >= 15 is 0 Å². The van der Waals surface area contributed by atoms with Crippen LogP contribution in [0, 0.1) is 0 Å². The minimum atomic E-state index is -4.67. The average Bonchev–Trinajstić information content (AvgIpc) is 1.45. The molecule has 0 fully saturated rings. The Morgan fingerprint density at radius 3 is 0.929 bits per heavy atom.